The molecule has 3 nitrogen and oxygen atoms in total. The Kier molecular flexibility index (Phi) is 3.63. The maximum Gasteiger partial charge on any atom is 0.140 e. The summed E-state index contributed by atoms with van der Waals surface area (Å²) in [5.74, 6) is 1.85. The normalized spacial score (nSPS) is 23.9. The molecule has 1 aliphatic rings. The quantitative estimate of drug-likeness (QED) is 0.797. The van der Waals surface area contributed by atoms with Crippen LogP contribution in [0.5, 0.6) is 0 Å². The van der Waals surface area contributed by atoms with E-state index in [1.54, 1.807) is 6.33 Å². The third-order valence-corrected chi connectivity index (χ3v) is 4.67. The molecule has 1 aromatic carbocycles. The summed E-state index contributed by atoms with van der Waals surface area (Å²) < 4.78 is 3.10. The predicted molar refractivity (Wildman–Crippen MR) is 79.4 cm³/mol. The van der Waals surface area contributed by atoms with Gasteiger partial charge in [-0.1, -0.05) is 28.1 Å². The second-order valence-corrected chi connectivity index (χ2v) is 6.69. The Bertz CT molecular complexity index is 578. The van der Waals surface area contributed by atoms with Crippen LogP contribution in [0.4, 0.5) is 0 Å². The number of aryl methyl sites for hydroxylation is 1. The first-order valence-electron chi connectivity index (χ1n) is 6.38. The Hall–Kier alpha value is -0.870. The van der Waals surface area contributed by atoms with E-state index in [0.717, 1.165) is 23.1 Å². The molecule has 1 saturated carbocycles. The lowest BCUT2D eigenvalue weighted by atomic mass is 9.72. The van der Waals surface area contributed by atoms with Crippen LogP contribution in [0.25, 0.3) is 0 Å². The number of nitrogens with zero attached hydrogens (tertiary/aromatic N) is 3. The molecule has 1 aromatic heterocycles. The molecule has 0 saturated heterocycles. The highest BCUT2D eigenvalue weighted by Crippen LogP contribution is 2.45. The summed E-state index contributed by atoms with van der Waals surface area (Å²) in [6.45, 7) is 0. The Morgan fingerprint density at radius 3 is 2.79 bits per heavy atom. The van der Waals surface area contributed by atoms with Crippen molar-refractivity contribution in [3.8, 4) is 0 Å². The Morgan fingerprint density at radius 2 is 2.21 bits per heavy atom. The molecule has 1 heterocycles. The van der Waals surface area contributed by atoms with Crippen LogP contribution < -0.4 is 0 Å². The van der Waals surface area contributed by atoms with Crippen molar-refractivity contribution in [2.75, 3.05) is 0 Å². The molecule has 0 amide bonds. The summed E-state index contributed by atoms with van der Waals surface area (Å²) in [5, 5.41) is 8.64. The molecule has 1 atom stereocenters. The van der Waals surface area contributed by atoms with E-state index in [0.29, 0.717) is 11.3 Å². The van der Waals surface area contributed by atoms with Crippen LogP contribution in [0.15, 0.2) is 35.1 Å². The third-order valence-electron chi connectivity index (χ3n) is 3.82. The fraction of sp³-hybridized carbons (Fsp3) is 0.429. The number of halogens is 2. The largest absolute Gasteiger partial charge is 0.320 e. The maximum absolute atomic E-state index is 6.16. The number of hydrogen-bond donors (Lipinski definition) is 0. The zero-order valence-corrected chi connectivity index (χ0v) is 13.0. The molecule has 0 bridgehead atoms. The monoisotopic (exact) mass is 339 g/mol. The van der Waals surface area contributed by atoms with Gasteiger partial charge in [0.05, 0.1) is 0 Å². The lowest BCUT2D eigenvalue weighted by molar-refractivity contribution is 0.281. The van der Waals surface area contributed by atoms with Gasteiger partial charge in [-0.15, -0.1) is 21.8 Å². The van der Waals surface area contributed by atoms with Gasteiger partial charge in [0, 0.05) is 22.8 Å². The fourth-order valence-corrected chi connectivity index (χ4v) is 3.64. The van der Waals surface area contributed by atoms with Gasteiger partial charge >= 0.3 is 0 Å². The maximum atomic E-state index is 6.16. The van der Waals surface area contributed by atoms with Crippen LogP contribution in [0.3, 0.4) is 0 Å². The van der Waals surface area contributed by atoms with Gasteiger partial charge in [-0.3, -0.25) is 0 Å². The zero-order valence-electron chi connectivity index (χ0n) is 10.6. The minimum absolute atomic E-state index is 0.278. The molecule has 0 radical (unpaired) electrons. The molecule has 3 rings (SSSR count). The van der Waals surface area contributed by atoms with Crippen LogP contribution in [0.2, 0.25) is 0 Å². The molecule has 19 heavy (non-hydrogen) atoms. The van der Waals surface area contributed by atoms with Crippen molar-refractivity contribution in [1.29, 1.82) is 0 Å². The van der Waals surface area contributed by atoms with Crippen molar-refractivity contribution in [2.24, 2.45) is 13.0 Å². The SMILES string of the molecule is Cn1cnnc1C(c1cccc(Br)c1)C1CC(Cl)C1. The summed E-state index contributed by atoms with van der Waals surface area (Å²) in [5.41, 5.74) is 1.28. The van der Waals surface area contributed by atoms with Crippen molar-refractivity contribution in [3.05, 3.63) is 46.5 Å². The number of aromatic nitrogens is 3. The molecule has 0 aliphatic heterocycles. The molecule has 1 fully saturated rings. The number of alkyl halides is 1. The van der Waals surface area contributed by atoms with Gasteiger partial charge in [0.15, 0.2) is 0 Å². The van der Waals surface area contributed by atoms with Gasteiger partial charge in [-0.05, 0) is 36.5 Å². The molecule has 0 spiro atoms. The van der Waals surface area contributed by atoms with Gasteiger partial charge in [-0.2, -0.15) is 0 Å². The summed E-state index contributed by atoms with van der Waals surface area (Å²) in [6, 6.07) is 8.44. The standard InChI is InChI=1S/C14H15BrClN3/c1-19-8-17-18-14(19)13(10-6-12(16)7-10)9-3-2-4-11(15)5-9/h2-5,8,10,12-13H,6-7H2,1H3. The van der Waals surface area contributed by atoms with E-state index in [1.165, 1.54) is 5.56 Å². The second kappa shape index (κ2) is 5.25. The first-order chi connectivity index (χ1) is 9.15. The minimum Gasteiger partial charge on any atom is -0.320 e. The van der Waals surface area contributed by atoms with Crippen LogP contribution >= 0.6 is 27.5 Å². The van der Waals surface area contributed by atoms with E-state index in [4.69, 9.17) is 11.6 Å². The zero-order chi connectivity index (χ0) is 13.4. The molecular formula is C14H15BrClN3. The van der Waals surface area contributed by atoms with Crippen molar-refractivity contribution in [1.82, 2.24) is 14.8 Å². The molecular weight excluding hydrogens is 326 g/mol. The van der Waals surface area contributed by atoms with E-state index >= 15 is 0 Å². The lowest BCUT2D eigenvalue weighted by Gasteiger charge is -2.37. The van der Waals surface area contributed by atoms with Crippen molar-refractivity contribution in [2.45, 2.75) is 24.1 Å². The number of benzene rings is 1. The summed E-state index contributed by atoms with van der Waals surface area (Å²) in [6.07, 6.45) is 3.86. The average Bonchev–Trinajstić information content (AvgIpc) is 2.74. The van der Waals surface area contributed by atoms with Crippen molar-refractivity contribution >= 4 is 27.5 Å². The van der Waals surface area contributed by atoms with Gasteiger partial charge in [0.25, 0.3) is 0 Å². The van der Waals surface area contributed by atoms with E-state index in [9.17, 15) is 0 Å². The predicted octanol–water partition coefficient (Wildman–Crippen LogP) is 3.73. The van der Waals surface area contributed by atoms with Gasteiger partial charge in [-0.25, -0.2) is 0 Å². The average molecular weight is 341 g/mol. The Morgan fingerprint density at radius 1 is 1.42 bits per heavy atom. The summed E-state index contributed by atoms with van der Waals surface area (Å²) in [7, 11) is 2.00. The fourth-order valence-electron chi connectivity index (χ4n) is 2.77. The molecule has 1 aliphatic carbocycles. The highest BCUT2D eigenvalue weighted by molar-refractivity contribution is 9.10. The number of rotatable bonds is 3. The second-order valence-electron chi connectivity index (χ2n) is 5.16. The van der Waals surface area contributed by atoms with Crippen LogP contribution in [-0.4, -0.2) is 20.1 Å². The third kappa shape index (κ3) is 2.56. The Labute approximate surface area is 126 Å². The molecule has 0 N–H and O–H groups in total. The molecule has 2 aromatic rings. The summed E-state index contributed by atoms with van der Waals surface area (Å²) in [4.78, 5) is 0. The summed E-state index contributed by atoms with van der Waals surface area (Å²) >= 11 is 9.70. The van der Waals surface area contributed by atoms with E-state index in [2.05, 4.69) is 44.3 Å². The lowest BCUT2D eigenvalue weighted by Crippen LogP contribution is -2.31. The highest BCUT2D eigenvalue weighted by Gasteiger charge is 2.37. The van der Waals surface area contributed by atoms with Gasteiger partial charge in [0.1, 0.15) is 12.2 Å². The molecule has 100 valence electrons. The smallest absolute Gasteiger partial charge is 0.140 e. The minimum atomic E-state index is 0.278. The molecule has 5 heteroatoms. The highest BCUT2D eigenvalue weighted by atomic mass is 79.9. The van der Waals surface area contributed by atoms with Gasteiger partial charge in [0.2, 0.25) is 0 Å². The van der Waals surface area contributed by atoms with Crippen molar-refractivity contribution < 1.29 is 0 Å². The molecule has 1 unspecified atom stereocenters. The van der Waals surface area contributed by atoms with Crippen LogP contribution in [0.1, 0.15) is 30.1 Å². The van der Waals surface area contributed by atoms with E-state index < -0.39 is 0 Å². The van der Waals surface area contributed by atoms with Crippen LogP contribution in [0, 0.1) is 5.92 Å². The number of hydrogen-bond acceptors (Lipinski definition) is 2. The van der Waals surface area contributed by atoms with Crippen molar-refractivity contribution in [3.63, 3.8) is 0 Å². The van der Waals surface area contributed by atoms with E-state index in [-0.39, 0.29) is 5.92 Å². The topological polar surface area (TPSA) is 30.7 Å². The Balaban J connectivity index is 1.99. The van der Waals surface area contributed by atoms with Crippen LogP contribution in [-0.2, 0) is 7.05 Å². The first kappa shape index (κ1) is 13.1. The first-order valence-corrected chi connectivity index (χ1v) is 7.61. The van der Waals surface area contributed by atoms with Gasteiger partial charge < -0.3 is 4.57 Å². The van der Waals surface area contributed by atoms with E-state index in [1.807, 2.05) is 17.7 Å².